The molecule has 1 aliphatic rings. The number of nitrogens with zero attached hydrogens (tertiary/aromatic N) is 3. The average Bonchev–Trinajstić information content (AvgIpc) is 3.16. The number of halogens is 1. The van der Waals surface area contributed by atoms with E-state index in [0.717, 1.165) is 53.0 Å². The summed E-state index contributed by atoms with van der Waals surface area (Å²) in [6.45, 7) is 1.94. The number of aromatic amines is 1. The maximum atomic E-state index is 5.43. The normalized spacial score (nSPS) is 16.7. The first-order chi connectivity index (χ1) is 10.3. The van der Waals surface area contributed by atoms with Crippen LogP contribution in [0, 0.1) is 0 Å². The van der Waals surface area contributed by atoms with Gasteiger partial charge in [-0.05, 0) is 31.0 Å². The van der Waals surface area contributed by atoms with Crippen LogP contribution in [0.4, 0.5) is 5.82 Å². The van der Waals surface area contributed by atoms with Gasteiger partial charge in [-0.15, -0.1) is 0 Å². The first-order valence-corrected chi connectivity index (χ1v) is 7.90. The molecule has 5 nitrogen and oxygen atoms in total. The van der Waals surface area contributed by atoms with E-state index in [4.69, 9.17) is 4.52 Å². The van der Waals surface area contributed by atoms with Gasteiger partial charge in [-0.2, -0.15) is 0 Å². The summed E-state index contributed by atoms with van der Waals surface area (Å²) in [5.41, 5.74) is 0.835. The molecule has 0 aliphatic carbocycles. The molecule has 0 radical (unpaired) electrons. The third-order valence-corrected chi connectivity index (χ3v) is 4.61. The van der Waals surface area contributed by atoms with Crippen LogP contribution in [0.15, 0.2) is 39.6 Å². The molecule has 3 heterocycles. The Morgan fingerprint density at radius 3 is 2.90 bits per heavy atom. The van der Waals surface area contributed by atoms with E-state index in [1.165, 1.54) is 0 Å². The number of hydrogen-bond donors (Lipinski definition) is 1. The predicted molar refractivity (Wildman–Crippen MR) is 84.5 cm³/mol. The highest BCUT2D eigenvalue weighted by atomic mass is 79.9. The standard InChI is InChI=1S/C15H15BrN4O/c16-11-1-2-13-12(9-11)15(19-21-13)20-7-3-10(4-8-20)14-17-5-6-18-14/h1-2,5-6,9-10H,3-4,7-8H2,(H,17,18). The molecule has 3 aromatic rings. The minimum Gasteiger partial charge on any atom is -0.354 e. The number of fused-ring (bicyclic) bond motifs is 1. The summed E-state index contributed by atoms with van der Waals surface area (Å²) in [4.78, 5) is 9.90. The van der Waals surface area contributed by atoms with Crippen molar-refractivity contribution in [3.8, 4) is 0 Å². The third kappa shape index (κ3) is 2.33. The van der Waals surface area contributed by atoms with E-state index in [0.29, 0.717) is 5.92 Å². The second-order valence-corrected chi connectivity index (χ2v) is 6.30. The molecule has 0 saturated carbocycles. The van der Waals surface area contributed by atoms with Gasteiger partial charge in [0.25, 0.3) is 0 Å². The number of imidazole rings is 1. The molecular weight excluding hydrogens is 332 g/mol. The van der Waals surface area contributed by atoms with Crippen LogP contribution in [0.1, 0.15) is 24.6 Å². The Balaban J connectivity index is 1.56. The maximum Gasteiger partial charge on any atom is 0.179 e. The van der Waals surface area contributed by atoms with Crippen LogP contribution < -0.4 is 4.90 Å². The first-order valence-electron chi connectivity index (χ1n) is 7.10. The van der Waals surface area contributed by atoms with E-state index in [1.54, 1.807) is 0 Å². The highest BCUT2D eigenvalue weighted by Gasteiger charge is 2.25. The molecule has 108 valence electrons. The molecule has 0 atom stereocenters. The fraction of sp³-hybridized carbons (Fsp3) is 0.333. The van der Waals surface area contributed by atoms with Gasteiger partial charge in [-0.1, -0.05) is 21.1 Å². The fourth-order valence-electron chi connectivity index (χ4n) is 2.99. The van der Waals surface area contributed by atoms with Crippen LogP contribution in [0.3, 0.4) is 0 Å². The van der Waals surface area contributed by atoms with Crippen molar-refractivity contribution in [2.24, 2.45) is 0 Å². The number of aromatic nitrogens is 3. The van der Waals surface area contributed by atoms with Crippen molar-refractivity contribution in [1.29, 1.82) is 0 Å². The van der Waals surface area contributed by atoms with E-state index in [-0.39, 0.29) is 0 Å². The zero-order valence-electron chi connectivity index (χ0n) is 11.4. The van der Waals surface area contributed by atoms with Crippen LogP contribution in [-0.2, 0) is 0 Å². The lowest BCUT2D eigenvalue weighted by molar-refractivity contribution is 0.440. The highest BCUT2D eigenvalue weighted by molar-refractivity contribution is 9.10. The minimum atomic E-state index is 0.515. The van der Waals surface area contributed by atoms with Crippen molar-refractivity contribution < 1.29 is 4.52 Å². The maximum absolute atomic E-state index is 5.43. The van der Waals surface area contributed by atoms with Gasteiger partial charge in [0.2, 0.25) is 0 Å². The Bertz CT molecular complexity index is 744. The van der Waals surface area contributed by atoms with Gasteiger partial charge in [0, 0.05) is 35.9 Å². The van der Waals surface area contributed by atoms with Crippen molar-refractivity contribution in [3.05, 3.63) is 40.9 Å². The van der Waals surface area contributed by atoms with E-state index < -0.39 is 0 Å². The largest absolute Gasteiger partial charge is 0.354 e. The average molecular weight is 347 g/mol. The number of anilines is 1. The molecule has 0 bridgehead atoms. The van der Waals surface area contributed by atoms with Crippen LogP contribution in [0.25, 0.3) is 11.0 Å². The quantitative estimate of drug-likeness (QED) is 0.768. The molecular formula is C15H15BrN4O. The predicted octanol–water partition coefficient (Wildman–Crippen LogP) is 3.70. The van der Waals surface area contributed by atoms with Crippen molar-refractivity contribution in [2.75, 3.05) is 18.0 Å². The molecule has 1 saturated heterocycles. The number of benzene rings is 1. The molecule has 0 spiro atoms. The van der Waals surface area contributed by atoms with E-state index in [2.05, 4.69) is 42.0 Å². The molecule has 0 unspecified atom stereocenters. The lowest BCUT2D eigenvalue weighted by Crippen LogP contribution is -2.33. The van der Waals surface area contributed by atoms with Crippen LogP contribution in [0.2, 0.25) is 0 Å². The molecule has 1 aromatic carbocycles. The Kier molecular flexibility index (Phi) is 3.18. The fourth-order valence-corrected chi connectivity index (χ4v) is 3.35. The monoisotopic (exact) mass is 346 g/mol. The van der Waals surface area contributed by atoms with Gasteiger partial charge in [0.05, 0.1) is 5.39 Å². The van der Waals surface area contributed by atoms with Crippen molar-refractivity contribution in [3.63, 3.8) is 0 Å². The first kappa shape index (κ1) is 12.9. The third-order valence-electron chi connectivity index (χ3n) is 4.11. The highest BCUT2D eigenvalue weighted by Crippen LogP contribution is 2.33. The van der Waals surface area contributed by atoms with E-state index >= 15 is 0 Å². The number of rotatable bonds is 2. The minimum absolute atomic E-state index is 0.515. The van der Waals surface area contributed by atoms with Gasteiger partial charge in [0.15, 0.2) is 11.4 Å². The molecule has 1 aliphatic heterocycles. The SMILES string of the molecule is Brc1ccc2onc(N3CCC(c4ncc[nH]4)CC3)c2c1. The zero-order valence-corrected chi connectivity index (χ0v) is 13.0. The van der Waals surface area contributed by atoms with Crippen LogP contribution in [-0.4, -0.2) is 28.2 Å². The summed E-state index contributed by atoms with van der Waals surface area (Å²) >= 11 is 3.51. The summed E-state index contributed by atoms with van der Waals surface area (Å²) in [5, 5.41) is 5.32. The zero-order chi connectivity index (χ0) is 14.2. The van der Waals surface area contributed by atoms with Gasteiger partial charge in [-0.25, -0.2) is 4.98 Å². The molecule has 1 N–H and O–H groups in total. The summed E-state index contributed by atoms with van der Waals surface area (Å²) in [5.74, 6) is 2.56. The van der Waals surface area contributed by atoms with Crippen LogP contribution in [0.5, 0.6) is 0 Å². The molecule has 2 aromatic heterocycles. The van der Waals surface area contributed by atoms with Gasteiger partial charge in [-0.3, -0.25) is 0 Å². The van der Waals surface area contributed by atoms with Crippen molar-refractivity contribution in [2.45, 2.75) is 18.8 Å². The van der Waals surface area contributed by atoms with E-state index in [9.17, 15) is 0 Å². The lowest BCUT2D eigenvalue weighted by atomic mass is 9.96. The number of hydrogen-bond acceptors (Lipinski definition) is 4. The summed E-state index contributed by atoms with van der Waals surface area (Å²) < 4.78 is 6.47. The Labute approximate surface area is 130 Å². The summed E-state index contributed by atoms with van der Waals surface area (Å²) in [7, 11) is 0. The summed E-state index contributed by atoms with van der Waals surface area (Å²) in [6.07, 6.45) is 5.88. The second kappa shape index (κ2) is 5.18. The van der Waals surface area contributed by atoms with Gasteiger partial charge < -0.3 is 14.4 Å². The van der Waals surface area contributed by atoms with Crippen LogP contribution >= 0.6 is 15.9 Å². The van der Waals surface area contributed by atoms with Crippen molar-refractivity contribution in [1.82, 2.24) is 15.1 Å². The number of piperidine rings is 1. The lowest BCUT2D eigenvalue weighted by Gasteiger charge is -2.31. The Hall–Kier alpha value is -1.82. The second-order valence-electron chi connectivity index (χ2n) is 5.38. The van der Waals surface area contributed by atoms with Gasteiger partial charge >= 0.3 is 0 Å². The Morgan fingerprint density at radius 2 is 2.14 bits per heavy atom. The number of H-pyrrole nitrogens is 1. The Morgan fingerprint density at radius 1 is 1.29 bits per heavy atom. The van der Waals surface area contributed by atoms with Gasteiger partial charge in [0.1, 0.15) is 5.82 Å². The topological polar surface area (TPSA) is 58.0 Å². The molecule has 1 fully saturated rings. The molecule has 4 rings (SSSR count). The smallest absolute Gasteiger partial charge is 0.179 e. The molecule has 6 heteroatoms. The molecule has 0 amide bonds. The summed E-state index contributed by atoms with van der Waals surface area (Å²) in [6, 6.07) is 5.99. The number of nitrogens with one attached hydrogen (secondary N) is 1. The molecule has 21 heavy (non-hydrogen) atoms. The van der Waals surface area contributed by atoms with Crippen molar-refractivity contribution >= 4 is 32.7 Å². The van der Waals surface area contributed by atoms with E-state index in [1.807, 2.05) is 24.5 Å².